The Kier molecular flexibility index (Phi) is 3.35. The van der Waals surface area contributed by atoms with Crippen LogP contribution >= 0.6 is 11.8 Å². The van der Waals surface area contributed by atoms with Crippen LogP contribution < -0.4 is 0 Å². The zero-order valence-corrected chi connectivity index (χ0v) is 7.80. The van der Waals surface area contributed by atoms with Gasteiger partial charge in [-0.2, -0.15) is 0 Å². The number of thioether (sulfide) groups is 1. The van der Waals surface area contributed by atoms with Crippen molar-refractivity contribution in [2.45, 2.75) is 11.8 Å². The van der Waals surface area contributed by atoms with Crippen LogP contribution in [0.15, 0.2) is 29.2 Å². The minimum atomic E-state index is -0.417. The van der Waals surface area contributed by atoms with Crippen LogP contribution in [0, 0.1) is 21.3 Å². The summed E-state index contributed by atoms with van der Waals surface area (Å²) in [6.45, 7) is 1.75. The first-order valence-electron chi connectivity index (χ1n) is 3.57. The van der Waals surface area contributed by atoms with Crippen molar-refractivity contribution in [2.75, 3.05) is 0 Å². The summed E-state index contributed by atoms with van der Waals surface area (Å²) in [5, 5.41) is 13.1. The Morgan fingerprint density at radius 2 is 2.00 bits per heavy atom. The highest BCUT2D eigenvalue weighted by atomic mass is 32.2. The molecule has 0 aromatic heterocycles. The average molecular weight is 193 g/mol. The maximum Gasteiger partial charge on any atom is 0.269 e. The molecule has 0 N–H and O–H groups in total. The van der Waals surface area contributed by atoms with E-state index in [1.165, 1.54) is 23.9 Å². The molecular formula is C9H7NO2S. The molecule has 0 aliphatic heterocycles. The minimum absolute atomic E-state index is 0.105. The second-order valence-electron chi connectivity index (χ2n) is 2.21. The van der Waals surface area contributed by atoms with Crippen LogP contribution in [0.25, 0.3) is 0 Å². The first-order valence-corrected chi connectivity index (χ1v) is 4.38. The van der Waals surface area contributed by atoms with E-state index < -0.39 is 4.92 Å². The predicted molar refractivity (Wildman–Crippen MR) is 52.4 cm³/mol. The Labute approximate surface area is 80.3 Å². The fraction of sp³-hybridized carbons (Fsp3) is 0.111. The standard InChI is InChI=1S/C9H7NO2S/c1-2-7-13-9-5-3-8(4-6-9)10(11)12/h3-6H,1H3. The zero-order chi connectivity index (χ0) is 9.68. The SMILES string of the molecule is CC#CSc1ccc([N+](=O)[O-])cc1. The molecule has 0 radical (unpaired) electrons. The van der Waals surface area contributed by atoms with Gasteiger partial charge in [0.15, 0.2) is 0 Å². The van der Waals surface area contributed by atoms with Gasteiger partial charge in [0, 0.05) is 17.0 Å². The van der Waals surface area contributed by atoms with Gasteiger partial charge in [-0.25, -0.2) is 0 Å². The van der Waals surface area contributed by atoms with E-state index >= 15 is 0 Å². The van der Waals surface area contributed by atoms with Crippen molar-refractivity contribution >= 4 is 17.4 Å². The van der Waals surface area contributed by atoms with E-state index in [2.05, 4.69) is 11.2 Å². The predicted octanol–water partition coefficient (Wildman–Crippen LogP) is 2.67. The number of non-ortho nitro benzene ring substituents is 1. The van der Waals surface area contributed by atoms with E-state index in [0.717, 1.165) is 4.90 Å². The summed E-state index contributed by atoms with van der Waals surface area (Å²) in [5.41, 5.74) is 0.105. The normalized spacial score (nSPS) is 8.69. The van der Waals surface area contributed by atoms with E-state index in [0.29, 0.717) is 0 Å². The van der Waals surface area contributed by atoms with E-state index in [-0.39, 0.29) is 5.69 Å². The summed E-state index contributed by atoms with van der Waals surface area (Å²) in [7, 11) is 0. The van der Waals surface area contributed by atoms with Crippen LogP contribution in [0.2, 0.25) is 0 Å². The Morgan fingerprint density at radius 3 is 2.46 bits per heavy atom. The molecule has 0 bridgehead atoms. The van der Waals surface area contributed by atoms with E-state index in [1.807, 2.05) is 0 Å². The monoisotopic (exact) mass is 193 g/mol. The highest BCUT2D eigenvalue weighted by molar-refractivity contribution is 8.03. The van der Waals surface area contributed by atoms with Gasteiger partial charge in [0.25, 0.3) is 5.69 Å². The molecule has 0 fully saturated rings. The summed E-state index contributed by atoms with van der Waals surface area (Å²) in [6, 6.07) is 6.32. The third-order valence-electron chi connectivity index (χ3n) is 1.32. The Balaban J connectivity index is 2.79. The number of nitro groups is 1. The van der Waals surface area contributed by atoms with Crippen molar-refractivity contribution in [1.82, 2.24) is 0 Å². The van der Waals surface area contributed by atoms with Crippen molar-refractivity contribution in [1.29, 1.82) is 0 Å². The third kappa shape index (κ3) is 2.80. The zero-order valence-electron chi connectivity index (χ0n) is 6.98. The van der Waals surface area contributed by atoms with Gasteiger partial charge >= 0.3 is 0 Å². The molecule has 1 rings (SSSR count). The Morgan fingerprint density at radius 1 is 1.38 bits per heavy atom. The molecule has 0 heterocycles. The molecule has 0 spiro atoms. The Hall–Kier alpha value is -1.47. The topological polar surface area (TPSA) is 43.1 Å². The molecule has 0 aliphatic carbocycles. The maximum atomic E-state index is 10.3. The smallest absolute Gasteiger partial charge is 0.258 e. The highest BCUT2D eigenvalue weighted by Gasteiger charge is 2.02. The first kappa shape index (κ1) is 9.62. The lowest BCUT2D eigenvalue weighted by Gasteiger charge is -1.93. The van der Waals surface area contributed by atoms with Gasteiger partial charge in [0.1, 0.15) is 0 Å². The molecule has 0 saturated heterocycles. The summed E-state index contributed by atoms with van der Waals surface area (Å²) in [6.07, 6.45) is 0. The molecule has 0 amide bonds. The third-order valence-corrected chi connectivity index (χ3v) is 2.13. The molecule has 13 heavy (non-hydrogen) atoms. The number of hydrogen-bond acceptors (Lipinski definition) is 3. The van der Waals surface area contributed by atoms with Gasteiger partial charge in [-0.3, -0.25) is 10.1 Å². The summed E-state index contributed by atoms with van der Waals surface area (Å²) in [4.78, 5) is 10.8. The quantitative estimate of drug-likeness (QED) is 0.314. The van der Waals surface area contributed by atoms with Crippen LogP contribution in [0.5, 0.6) is 0 Å². The van der Waals surface area contributed by atoms with Gasteiger partial charge in [-0.15, -0.1) is 0 Å². The summed E-state index contributed by atoms with van der Waals surface area (Å²) >= 11 is 1.36. The second kappa shape index (κ2) is 4.53. The van der Waals surface area contributed by atoms with Crippen molar-refractivity contribution in [3.8, 4) is 11.2 Å². The van der Waals surface area contributed by atoms with Crippen LogP contribution in [-0.2, 0) is 0 Å². The van der Waals surface area contributed by atoms with Crippen LogP contribution in [0.4, 0.5) is 5.69 Å². The van der Waals surface area contributed by atoms with Crippen molar-refractivity contribution in [2.24, 2.45) is 0 Å². The largest absolute Gasteiger partial charge is 0.269 e. The molecule has 1 aromatic rings. The molecular weight excluding hydrogens is 186 g/mol. The Bertz CT molecular complexity index is 361. The number of hydrogen-bond donors (Lipinski definition) is 0. The first-order chi connectivity index (χ1) is 6.24. The second-order valence-corrected chi connectivity index (χ2v) is 3.08. The number of rotatable bonds is 2. The molecule has 66 valence electrons. The molecule has 0 unspecified atom stereocenters. The van der Waals surface area contributed by atoms with Crippen LogP contribution in [-0.4, -0.2) is 4.92 Å². The fourth-order valence-corrected chi connectivity index (χ4v) is 1.24. The van der Waals surface area contributed by atoms with Crippen molar-refractivity contribution in [3.63, 3.8) is 0 Å². The van der Waals surface area contributed by atoms with Crippen LogP contribution in [0.1, 0.15) is 6.92 Å². The lowest BCUT2D eigenvalue weighted by Crippen LogP contribution is -1.86. The van der Waals surface area contributed by atoms with Crippen molar-refractivity contribution in [3.05, 3.63) is 34.4 Å². The average Bonchev–Trinajstić information content (AvgIpc) is 2.15. The van der Waals surface area contributed by atoms with Gasteiger partial charge in [0.05, 0.1) is 4.92 Å². The van der Waals surface area contributed by atoms with Crippen LogP contribution in [0.3, 0.4) is 0 Å². The minimum Gasteiger partial charge on any atom is -0.258 e. The number of nitro benzene ring substituents is 1. The van der Waals surface area contributed by atoms with E-state index in [9.17, 15) is 10.1 Å². The maximum absolute atomic E-state index is 10.3. The fourth-order valence-electron chi connectivity index (χ4n) is 0.746. The lowest BCUT2D eigenvalue weighted by atomic mass is 10.3. The number of nitrogens with zero attached hydrogens (tertiary/aromatic N) is 1. The van der Waals surface area contributed by atoms with Gasteiger partial charge < -0.3 is 0 Å². The summed E-state index contributed by atoms with van der Waals surface area (Å²) in [5.74, 6) is 2.73. The molecule has 3 nitrogen and oxygen atoms in total. The van der Waals surface area contributed by atoms with Gasteiger partial charge in [0.2, 0.25) is 0 Å². The van der Waals surface area contributed by atoms with E-state index in [4.69, 9.17) is 0 Å². The number of benzene rings is 1. The summed E-state index contributed by atoms with van der Waals surface area (Å²) < 4.78 is 0. The molecule has 4 heteroatoms. The van der Waals surface area contributed by atoms with E-state index in [1.54, 1.807) is 19.1 Å². The van der Waals surface area contributed by atoms with Crippen molar-refractivity contribution < 1.29 is 4.92 Å². The lowest BCUT2D eigenvalue weighted by molar-refractivity contribution is -0.384. The van der Waals surface area contributed by atoms with Gasteiger partial charge in [-0.1, -0.05) is 5.92 Å². The van der Waals surface area contributed by atoms with Gasteiger partial charge in [-0.05, 0) is 36.1 Å². The molecule has 0 saturated carbocycles. The highest BCUT2D eigenvalue weighted by Crippen LogP contribution is 2.19. The molecule has 0 atom stereocenters. The molecule has 1 aromatic carbocycles. The molecule has 0 aliphatic rings.